The standard InChI is InChI=1S/C19H23N3O3.C2HF3O2/c1-13-7-16(21-25-13)9-22-10-17-15(12-24-18(17)11-22)8-20-19(23)14-5-3-2-4-6-14;3-2(4,5)1(6)7/h2-7,15,17-18H,8-12H2,1H3,(H,20,23);(H,6,7)/t15-,17-,18-;/m1./s1. The molecule has 2 aliphatic heterocycles. The van der Waals surface area contributed by atoms with Gasteiger partial charge in [0.1, 0.15) is 5.76 Å². The van der Waals surface area contributed by atoms with Crippen LogP contribution in [0.15, 0.2) is 40.9 Å². The minimum absolute atomic E-state index is 0.0167. The highest BCUT2D eigenvalue weighted by atomic mass is 19.4. The Hall–Kier alpha value is -2.92. The number of aliphatic carboxylic acids is 1. The molecule has 1 aromatic heterocycles. The van der Waals surface area contributed by atoms with Crippen molar-refractivity contribution in [3.05, 3.63) is 53.4 Å². The first-order valence-corrected chi connectivity index (χ1v) is 10.0. The van der Waals surface area contributed by atoms with E-state index in [1.54, 1.807) is 0 Å². The van der Waals surface area contributed by atoms with Crippen molar-refractivity contribution in [1.29, 1.82) is 0 Å². The molecule has 0 saturated carbocycles. The van der Waals surface area contributed by atoms with E-state index in [9.17, 15) is 18.0 Å². The van der Waals surface area contributed by atoms with E-state index in [4.69, 9.17) is 19.2 Å². The van der Waals surface area contributed by atoms with Crippen LogP contribution in [-0.2, 0) is 16.1 Å². The quantitative estimate of drug-likeness (QED) is 0.714. The maximum Gasteiger partial charge on any atom is 0.490 e. The van der Waals surface area contributed by atoms with Gasteiger partial charge in [0.2, 0.25) is 0 Å². The molecule has 0 spiro atoms. The third-order valence-corrected chi connectivity index (χ3v) is 5.38. The molecule has 1 amide bonds. The molecule has 4 rings (SSSR count). The summed E-state index contributed by atoms with van der Waals surface area (Å²) in [5, 5.41) is 14.3. The molecule has 2 aromatic rings. The average molecular weight is 455 g/mol. The van der Waals surface area contributed by atoms with Gasteiger partial charge in [-0.2, -0.15) is 13.2 Å². The zero-order valence-corrected chi connectivity index (χ0v) is 17.3. The van der Waals surface area contributed by atoms with E-state index in [-0.39, 0.29) is 12.0 Å². The lowest BCUT2D eigenvalue weighted by Crippen LogP contribution is -2.34. The van der Waals surface area contributed by atoms with Crippen molar-refractivity contribution in [2.75, 3.05) is 26.2 Å². The van der Waals surface area contributed by atoms with Crippen molar-refractivity contribution >= 4 is 11.9 Å². The van der Waals surface area contributed by atoms with Gasteiger partial charge >= 0.3 is 12.1 Å². The fraction of sp³-hybridized carbons (Fsp3) is 0.476. The van der Waals surface area contributed by atoms with Gasteiger partial charge in [-0.15, -0.1) is 0 Å². The number of alkyl halides is 3. The van der Waals surface area contributed by atoms with Gasteiger partial charge in [0.15, 0.2) is 0 Å². The number of hydrogen-bond donors (Lipinski definition) is 2. The van der Waals surface area contributed by atoms with Gasteiger partial charge in [0.25, 0.3) is 5.91 Å². The molecule has 1 aromatic carbocycles. The molecule has 3 atom stereocenters. The Labute approximate surface area is 182 Å². The number of nitrogens with zero attached hydrogens (tertiary/aromatic N) is 2. The average Bonchev–Trinajstić information content (AvgIpc) is 3.43. The number of carboxylic acids is 1. The summed E-state index contributed by atoms with van der Waals surface area (Å²) in [4.78, 5) is 23.5. The summed E-state index contributed by atoms with van der Waals surface area (Å²) in [5.41, 5.74) is 1.67. The first-order valence-electron chi connectivity index (χ1n) is 10.0. The summed E-state index contributed by atoms with van der Waals surface area (Å²) in [7, 11) is 0. The van der Waals surface area contributed by atoms with Crippen LogP contribution in [0.3, 0.4) is 0 Å². The van der Waals surface area contributed by atoms with Gasteiger partial charge in [-0.3, -0.25) is 9.69 Å². The van der Waals surface area contributed by atoms with Crippen LogP contribution in [0.2, 0.25) is 0 Å². The lowest BCUT2D eigenvalue weighted by Gasteiger charge is -2.19. The fourth-order valence-corrected chi connectivity index (χ4v) is 3.86. The second kappa shape index (κ2) is 10.1. The number of carboxylic acid groups (broad SMARTS) is 1. The third kappa shape index (κ3) is 6.30. The van der Waals surface area contributed by atoms with Crippen LogP contribution in [0.5, 0.6) is 0 Å². The number of aryl methyl sites for hydroxylation is 1. The van der Waals surface area contributed by atoms with Crippen molar-refractivity contribution in [3.8, 4) is 0 Å². The molecule has 2 saturated heterocycles. The Morgan fingerprint density at radius 3 is 2.53 bits per heavy atom. The molecule has 3 heterocycles. The number of aromatic nitrogens is 1. The summed E-state index contributed by atoms with van der Waals surface area (Å²) in [6.07, 6.45) is -4.83. The third-order valence-electron chi connectivity index (χ3n) is 5.38. The van der Waals surface area contributed by atoms with Gasteiger partial charge in [-0.05, 0) is 19.1 Å². The smallest absolute Gasteiger partial charge is 0.475 e. The van der Waals surface area contributed by atoms with E-state index in [0.29, 0.717) is 23.9 Å². The molecular formula is C21H24F3N3O5. The van der Waals surface area contributed by atoms with Gasteiger partial charge in [-0.1, -0.05) is 23.4 Å². The Bertz CT molecular complexity index is 919. The van der Waals surface area contributed by atoms with E-state index < -0.39 is 12.1 Å². The molecule has 0 aliphatic carbocycles. The van der Waals surface area contributed by atoms with Crippen molar-refractivity contribution < 1.29 is 37.1 Å². The number of rotatable bonds is 5. The Morgan fingerprint density at radius 2 is 1.94 bits per heavy atom. The minimum atomic E-state index is -5.08. The molecule has 11 heteroatoms. The molecule has 2 fully saturated rings. The van der Waals surface area contributed by atoms with Crippen molar-refractivity contribution in [3.63, 3.8) is 0 Å². The number of halogens is 3. The minimum Gasteiger partial charge on any atom is -0.475 e. The molecule has 32 heavy (non-hydrogen) atoms. The normalized spacial score (nSPS) is 22.7. The number of hydrogen-bond acceptors (Lipinski definition) is 6. The highest BCUT2D eigenvalue weighted by Gasteiger charge is 2.43. The van der Waals surface area contributed by atoms with Crippen molar-refractivity contribution in [1.82, 2.24) is 15.4 Å². The molecule has 2 N–H and O–H groups in total. The van der Waals surface area contributed by atoms with Crippen LogP contribution in [0.4, 0.5) is 13.2 Å². The number of carbonyl (C=O) groups excluding carboxylic acids is 1. The Balaban J connectivity index is 0.000000360. The summed E-state index contributed by atoms with van der Waals surface area (Å²) < 4.78 is 42.8. The molecule has 0 bridgehead atoms. The molecular weight excluding hydrogens is 431 g/mol. The zero-order chi connectivity index (χ0) is 23.3. The topological polar surface area (TPSA) is 105 Å². The highest BCUT2D eigenvalue weighted by Crippen LogP contribution is 2.34. The maximum absolute atomic E-state index is 12.2. The number of nitrogens with one attached hydrogen (secondary N) is 1. The number of likely N-dealkylation sites (tertiary alicyclic amines) is 1. The predicted octanol–water partition coefficient (Wildman–Crippen LogP) is 2.49. The number of carbonyl (C=O) groups is 2. The maximum atomic E-state index is 12.2. The van der Waals surface area contributed by atoms with Crippen LogP contribution in [0.25, 0.3) is 0 Å². The Kier molecular flexibility index (Phi) is 7.52. The van der Waals surface area contributed by atoms with Crippen LogP contribution in [0.1, 0.15) is 21.8 Å². The zero-order valence-electron chi connectivity index (χ0n) is 17.3. The second-order valence-corrected chi connectivity index (χ2v) is 7.80. The van der Waals surface area contributed by atoms with E-state index >= 15 is 0 Å². The van der Waals surface area contributed by atoms with Gasteiger partial charge in [0, 0.05) is 49.6 Å². The van der Waals surface area contributed by atoms with Crippen molar-refractivity contribution in [2.24, 2.45) is 11.8 Å². The number of amides is 1. The molecule has 174 valence electrons. The van der Waals surface area contributed by atoms with E-state index in [1.165, 1.54) is 0 Å². The first kappa shape index (κ1) is 23.7. The van der Waals surface area contributed by atoms with E-state index in [1.807, 2.05) is 43.3 Å². The fourth-order valence-electron chi connectivity index (χ4n) is 3.86. The summed E-state index contributed by atoms with van der Waals surface area (Å²) >= 11 is 0. The summed E-state index contributed by atoms with van der Waals surface area (Å²) in [6.45, 7) is 5.97. The largest absolute Gasteiger partial charge is 0.490 e. The molecule has 2 aliphatic rings. The number of fused-ring (bicyclic) bond motifs is 1. The van der Waals surface area contributed by atoms with Crippen LogP contribution in [-0.4, -0.2) is 65.6 Å². The monoisotopic (exact) mass is 455 g/mol. The van der Waals surface area contributed by atoms with E-state index in [2.05, 4.69) is 15.4 Å². The van der Waals surface area contributed by atoms with E-state index in [0.717, 1.165) is 37.7 Å². The number of benzene rings is 1. The molecule has 0 radical (unpaired) electrons. The van der Waals surface area contributed by atoms with Crippen LogP contribution < -0.4 is 5.32 Å². The summed E-state index contributed by atoms with van der Waals surface area (Å²) in [6, 6.07) is 11.3. The van der Waals surface area contributed by atoms with Crippen LogP contribution in [0, 0.1) is 18.8 Å². The lowest BCUT2D eigenvalue weighted by atomic mass is 9.93. The second-order valence-electron chi connectivity index (χ2n) is 7.80. The van der Waals surface area contributed by atoms with Gasteiger partial charge < -0.3 is 19.7 Å². The summed E-state index contributed by atoms with van der Waals surface area (Å²) in [5.74, 6) is -1.11. The SMILES string of the molecule is Cc1cc(CN2C[C@@H]3[C@H](CNC(=O)c4ccccc4)CO[C@@H]3C2)no1.O=C(O)C(F)(F)F. The Morgan fingerprint density at radius 1 is 1.25 bits per heavy atom. The van der Waals surface area contributed by atoms with Gasteiger partial charge in [0.05, 0.1) is 18.4 Å². The molecule has 0 unspecified atom stereocenters. The predicted molar refractivity (Wildman–Crippen MR) is 106 cm³/mol. The number of ether oxygens (including phenoxy) is 1. The first-order chi connectivity index (χ1) is 15.1. The van der Waals surface area contributed by atoms with Crippen LogP contribution >= 0.6 is 0 Å². The van der Waals surface area contributed by atoms with Crippen molar-refractivity contribution in [2.45, 2.75) is 25.7 Å². The highest BCUT2D eigenvalue weighted by molar-refractivity contribution is 5.94. The van der Waals surface area contributed by atoms with Gasteiger partial charge in [-0.25, -0.2) is 4.79 Å². The molecule has 8 nitrogen and oxygen atoms in total. The lowest BCUT2D eigenvalue weighted by molar-refractivity contribution is -0.192.